The predicted molar refractivity (Wildman–Crippen MR) is 107 cm³/mol. The van der Waals surface area contributed by atoms with Gasteiger partial charge in [-0.05, 0) is 31.2 Å². The number of benzene rings is 1. The minimum Gasteiger partial charge on any atom is -0.335 e. The van der Waals surface area contributed by atoms with E-state index < -0.39 is 0 Å². The molecule has 1 saturated heterocycles. The van der Waals surface area contributed by atoms with E-state index in [4.69, 9.17) is 11.6 Å². The molecule has 0 atom stereocenters. The molecule has 1 aromatic heterocycles. The predicted octanol–water partition coefficient (Wildman–Crippen LogP) is 3.00. The zero-order valence-electron chi connectivity index (χ0n) is 14.9. The number of rotatable bonds is 5. The first-order valence-electron chi connectivity index (χ1n) is 8.61. The summed E-state index contributed by atoms with van der Waals surface area (Å²) in [7, 11) is 0. The van der Waals surface area contributed by atoms with Crippen LogP contribution in [0.1, 0.15) is 26.3 Å². The van der Waals surface area contributed by atoms with Gasteiger partial charge in [0.05, 0.1) is 27.0 Å². The van der Waals surface area contributed by atoms with Crippen LogP contribution in [0.15, 0.2) is 36.4 Å². The second-order valence-electron chi connectivity index (χ2n) is 6.32. The van der Waals surface area contributed by atoms with E-state index in [0.29, 0.717) is 46.6 Å². The fraction of sp³-hybridized carbons (Fsp3) is 0.316. The third kappa shape index (κ3) is 4.94. The van der Waals surface area contributed by atoms with Crippen molar-refractivity contribution in [2.75, 3.05) is 38.0 Å². The van der Waals surface area contributed by atoms with E-state index in [9.17, 15) is 14.4 Å². The maximum atomic E-state index is 12.6. The summed E-state index contributed by atoms with van der Waals surface area (Å²) in [6.45, 7) is 4.07. The molecule has 3 rings (SSSR count). The molecule has 0 radical (unpaired) electrons. The summed E-state index contributed by atoms with van der Waals surface area (Å²) in [5, 5.41) is 3.31. The molecule has 0 unspecified atom stereocenters. The number of carbonyl (C=O) groups excluding carboxylic acids is 3. The first kappa shape index (κ1) is 19.5. The van der Waals surface area contributed by atoms with Gasteiger partial charge in [-0.15, -0.1) is 11.3 Å². The molecule has 0 spiro atoms. The van der Waals surface area contributed by atoms with Gasteiger partial charge in [-0.1, -0.05) is 23.7 Å². The third-order valence-corrected chi connectivity index (χ3v) is 5.84. The molecule has 6 nitrogen and oxygen atoms in total. The molecule has 1 N–H and O–H groups in total. The Morgan fingerprint density at radius 1 is 1.04 bits per heavy atom. The Bertz CT molecular complexity index is 859. The van der Waals surface area contributed by atoms with Crippen molar-refractivity contribution in [3.8, 4) is 0 Å². The molecule has 1 fully saturated rings. The number of Topliss-reactive ketones (excluding diaryl/α,β-unsaturated/α-hetero) is 1. The second kappa shape index (κ2) is 8.65. The molecule has 0 saturated carbocycles. The number of piperazine rings is 1. The van der Waals surface area contributed by atoms with Gasteiger partial charge in [0.15, 0.2) is 5.78 Å². The van der Waals surface area contributed by atoms with Crippen molar-refractivity contribution in [2.45, 2.75) is 6.92 Å². The number of amides is 2. The Morgan fingerprint density at radius 2 is 1.70 bits per heavy atom. The molecule has 0 aliphatic carbocycles. The average Bonchev–Trinajstić information content (AvgIpc) is 3.14. The third-order valence-electron chi connectivity index (χ3n) is 4.34. The highest BCUT2D eigenvalue weighted by molar-refractivity contribution is 7.15. The van der Waals surface area contributed by atoms with Crippen LogP contribution in [-0.4, -0.2) is 60.1 Å². The van der Waals surface area contributed by atoms with Gasteiger partial charge in [-0.3, -0.25) is 19.3 Å². The maximum Gasteiger partial charge on any atom is 0.264 e. The topological polar surface area (TPSA) is 69.7 Å². The van der Waals surface area contributed by atoms with Gasteiger partial charge < -0.3 is 10.2 Å². The van der Waals surface area contributed by atoms with Crippen LogP contribution in [0, 0.1) is 0 Å². The fourth-order valence-electron chi connectivity index (χ4n) is 2.86. The van der Waals surface area contributed by atoms with Crippen molar-refractivity contribution in [1.29, 1.82) is 0 Å². The van der Waals surface area contributed by atoms with Crippen molar-refractivity contribution in [2.24, 2.45) is 0 Å². The van der Waals surface area contributed by atoms with Crippen molar-refractivity contribution < 1.29 is 14.4 Å². The number of carbonyl (C=O) groups is 3. The maximum absolute atomic E-state index is 12.6. The Morgan fingerprint density at radius 3 is 2.33 bits per heavy atom. The highest BCUT2D eigenvalue weighted by Gasteiger charge is 2.24. The molecule has 1 aromatic carbocycles. The van der Waals surface area contributed by atoms with Crippen molar-refractivity contribution in [1.82, 2.24) is 9.80 Å². The molecule has 2 aromatic rings. The lowest BCUT2D eigenvalue weighted by molar-refractivity contribution is -0.117. The Hall–Kier alpha value is -2.22. The highest BCUT2D eigenvalue weighted by atomic mass is 35.5. The Balaban J connectivity index is 1.49. The van der Waals surface area contributed by atoms with E-state index in [-0.39, 0.29) is 24.1 Å². The summed E-state index contributed by atoms with van der Waals surface area (Å²) in [6, 6.07) is 10.5. The van der Waals surface area contributed by atoms with Gasteiger partial charge >= 0.3 is 0 Å². The smallest absolute Gasteiger partial charge is 0.264 e. The summed E-state index contributed by atoms with van der Waals surface area (Å²) in [4.78, 5) is 41.1. The van der Waals surface area contributed by atoms with Crippen molar-refractivity contribution >= 4 is 46.2 Å². The van der Waals surface area contributed by atoms with Gasteiger partial charge in [0.25, 0.3) is 5.91 Å². The van der Waals surface area contributed by atoms with Gasteiger partial charge in [-0.2, -0.15) is 0 Å². The van der Waals surface area contributed by atoms with Crippen LogP contribution >= 0.6 is 22.9 Å². The van der Waals surface area contributed by atoms with E-state index in [0.717, 1.165) is 0 Å². The molecule has 0 bridgehead atoms. The fourth-order valence-corrected chi connectivity index (χ4v) is 3.91. The van der Waals surface area contributed by atoms with Crippen LogP contribution in [0.25, 0.3) is 0 Å². The largest absolute Gasteiger partial charge is 0.335 e. The lowest BCUT2D eigenvalue weighted by atomic mass is 10.2. The molecule has 1 aliphatic rings. The lowest BCUT2D eigenvalue weighted by Gasteiger charge is -2.34. The van der Waals surface area contributed by atoms with E-state index in [1.165, 1.54) is 18.3 Å². The van der Waals surface area contributed by atoms with Crippen LogP contribution in [0.5, 0.6) is 0 Å². The first-order chi connectivity index (χ1) is 12.9. The summed E-state index contributed by atoms with van der Waals surface area (Å²) in [5.74, 6) is -0.228. The molecule has 2 heterocycles. The minimum absolute atomic E-state index is 0.0339. The van der Waals surface area contributed by atoms with Crippen LogP contribution in [0.2, 0.25) is 5.02 Å². The highest BCUT2D eigenvalue weighted by Crippen LogP contribution is 2.21. The summed E-state index contributed by atoms with van der Waals surface area (Å²) >= 11 is 7.28. The quantitative estimate of drug-likeness (QED) is 0.776. The lowest BCUT2D eigenvalue weighted by Crippen LogP contribution is -2.50. The standard InChI is InChI=1S/C19H20ClN3O3S/c1-13(24)16-6-7-17(27-16)19(26)23-10-8-22(9-11-23)12-18(25)21-15-5-3-2-4-14(15)20/h2-7H,8-12H2,1H3,(H,21,25). The SMILES string of the molecule is CC(=O)c1ccc(C(=O)N2CCN(CC(=O)Nc3ccccc3Cl)CC2)s1. The number of nitrogens with one attached hydrogen (secondary N) is 1. The van der Waals surface area contributed by atoms with Crippen molar-refractivity contribution in [3.63, 3.8) is 0 Å². The normalized spacial score (nSPS) is 14.8. The van der Waals surface area contributed by atoms with Crippen LogP contribution in [0.3, 0.4) is 0 Å². The molecule has 142 valence electrons. The molecular formula is C19H20ClN3O3S. The van der Waals surface area contributed by atoms with Crippen molar-refractivity contribution in [3.05, 3.63) is 51.2 Å². The zero-order valence-corrected chi connectivity index (χ0v) is 16.5. The van der Waals surface area contributed by atoms with Crippen LogP contribution in [-0.2, 0) is 4.79 Å². The number of anilines is 1. The molecule has 1 aliphatic heterocycles. The van der Waals surface area contributed by atoms with Gasteiger partial charge in [0.2, 0.25) is 5.91 Å². The number of halogens is 1. The Labute approximate surface area is 166 Å². The molecular weight excluding hydrogens is 386 g/mol. The van der Waals surface area contributed by atoms with E-state index in [2.05, 4.69) is 5.32 Å². The summed E-state index contributed by atoms with van der Waals surface area (Å²) in [5.41, 5.74) is 0.594. The number of ketones is 1. The number of hydrogen-bond acceptors (Lipinski definition) is 5. The molecule has 2 amide bonds. The first-order valence-corrected chi connectivity index (χ1v) is 9.80. The van der Waals surface area contributed by atoms with Gasteiger partial charge in [0, 0.05) is 26.2 Å². The minimum atomic E-state index is -0.132. The van der Waals surface area contributed by atoms with Gasteiger partial charge in [0.1, 0.15) is 0 Å². The summed E-state index contributed by atoms with van der Waals surface area (Å²) in [6.07, 6.45) is 0. The van der Waals surface area contributed by atoms with E-state index in [1.54, 1.807) is 35.2 Å². The summed E-state index contributed by atoms with van der Waals surface area (Å²) < 4.78 is 0. The van der Waals surface area contributed by atoms with E-state index >= 15 is 0 Å². The zero-order chi connectivity index (χ0) is 19.4. The molecule has 8 heteroatoms. The number of thiophene rings is 1. The van der Waals surface area contributed by atoms with Crippen LogP contribution in [0.4, 0.5) is 5.69 Å². The monoisotopic (exact) mass is 405 g/mol. The van der Waals surface area contributed by atoms with E-state index in [1.807, 2.05) is 11.0 Å². The van der Waals surface area contributed by atoms with Gasteiger partial charge in [-0.25, -0.2) is 0 Å². The molecule has 27 heavy (non-hydrogen) atoms. The number of hydrogen-bond donors (Lipinski definition) is 1. The number of nitrogens with zero attached hydrogens (tertiary/aromatic N) is 2. The Kier molecular flexibility index (Phi) is 6.26. The van der Waals surface area contributed by atoms with Crippen LogP contribution < -0.4 is 5.32 Å². The average molecular weight is 406 g/mol. The second-order valence-corrected chi connectivity index (χ2v) is 7.81. The number of para-hydroxylation sites is 1.